The Balaban J connectivity index is 2.13. The molecule has 2 rings (SSSR count). The number of hydrogen-bond donors (Lipinski definition) is 2. The molecule has 0 saturated carbocycles. The second-order valence-corrected chi connectivity index (χ2v) is 6.56. The number of carbonyl (C=O) groups is 2. The summed E-state index contributed by atoms with van der Waals surface area (Å²) in [6.45, 7) is 2.52. The summed E-state index contributed by atoms with van der Waals surface area (Å²) in [5, 5.41) is 19.0. The van der Waals surface area contributed by atoms with Crippen LogP contribution >= 0.6 is 11.6 Å². The number of aromatic carboxylic acids is 2. The fourth-order valence-electron chi connectivity index (χ4n) is 2.59. The van der Waals surface area contributed by atoms with Gasteiger partial charge in [-0.3, -0.25) is 4.90 Å². The van der Waals surface area contributed by atoms with Crippen LogP contribution in [-0.2, 0) is 13.0 Å². The Morgan fingerprint density at radius 1 is 1.00 bits per heavy atom. The molecule has 0 radical (unpaired) electrons. The Kier molecular flexibility index (Phi) is 6.17. The second-order valence-electron chi connectivity index (χ2n) is 6.12. The molecule has 132 valence electrons. The van der Waals surface area contributed by atoms with Gasteiger partial charge in [-0.15, -0.1) is 0 Å². The molecule has 1 atom stereocenters. The van der Waals surface area contributed by atoms with Crippen LogP contribution in [0.3, 0.4) is 0 Å². The van der Waals surface area contributed by atoms with Crippen LogP contribution in [0.4, 0.5) is 0 Å². The van der Waals surface area contributed by atoms with Crippen LogP contribution in [-0.4, -0.2) is 40.1 Å². The first-order valence-corrected chi connectivity index (χ1v) is 8.19. The predicted octanol–water partition coefficient (Wildman–Crippen LogP) is 3.80. The Hall–Kier alpha value is -2.37. The summed E-state index contributed by atoms with van der Waals surface area (Å²) in [6.07, 6.45) is 0.804. The molecule has 0 saturated heterocycles. The van der Waals surface area contributed by atoms with Crippen molar-refractivity contribution in [3.63, 3.8) is 0 Å². The van der Waals surface area contributed by atoms with Crippen molar-refractivity contribution in [2.24, 2.45) is 0 Å². The van der Waals surface area contributed by atoms with E-state index in [1.54, 1.807) is 0 Å². The van der Waals surface area contributed by atoms with Crippen LogP contribution < -0.4 is 0 Å². The molecule has 2 N–H and O–H groups in total. The third-order valence-corrected chi connectivity index (χ3v) is 4.37. The van der Waals surface area contributed by atoms with E-state index in [4.69, 9.17) is 21.8 Å². The number of rotatable bonds is 7. The van der Waals surface area contributed by atoms with Crippen LogP contribution in [0.1, 0.15) is 38.8 Å². The average Bonchev–Trinajstić information content (AvgIpc) is 2.56. The van der Waals surface area contributed by atoms with Crippen molar-refractivity contribution in [1.29, 1.82) is 0 Å². The Morgan fingerprint density at radius 3 is 2.00 bits per heavy atom. The standard InChI is InChI=1S/C19H20ClNO4/c1-12(7-13-3-5-17(20)6-4-13)21(2)11-14-8-15(18(22)23)10-16(9-14)19(24)25/h3-6,8-10,12H,7,11H2,1-2H3,(H,22,23)(H,24,25). The number of nitrogens with zero attached hydrogens (tertiary/aromatic N) is 1. The number of carboxylic acids is 2. The highest BCUT2D eigenvalue weighted by molar-refractivity contribution is 6.30. The first-order chi connectivity index (χ1) is 11.8. The van der Waals surface area contributed by atoms with E-state index in [1.807, 2.05) is 31.3 Å². The van der Waals surface area contributed by atoms with Gasteiger partial charge in [0.05, 0.1) is 11.1 Å². The third-order valence-electron chi connectivity index (χ3n) is 4.12. The molecule has 0 spiro atoms. The summed E-state index contributed by atoms with van der Waals surface area (Å²) in [4.78, 5) is 24.5. The molecule has 0 aliphatic rings. The van der Waals surface area contributed by atoms with Crippen molar-refractivity contribution in [2.45, 2.75) is 25.9 Å². The molecule has 0 fully saturated rings. The maximum absolute atomic E-state index is 11.2. The summed E-state index contributed by atoms with van der Waals surface area (Å²) in [5.74, 6) is -2.28. The van der Waals surface area contributed by atoms with Gasteiger partial charge in [0.25, 0.3) is 0 Å². The van der Waals surface area contributed by atoms with Gasteiger partial charge in [0.15, 0.2) is 0 Å². The average molecular weight is 362 g/mol. The molecule has 5 nitrogen and oxygen atoms in total. The van der Waals surface area contributed by atoms with E-state index >= 15 is 0 Å². The van der Waals surface area contributed by atoms with Gasteiger partial charge in [0.2, 0.25) is 0 Å². The summed E-state index contributed by atoms with van der Waals surface area (Å²) in [5.41, 5.74) is 1.76. The van der Waals surface area contributed by atoms with E-state index in [-0.39, 0.29) is 17.2 Å². The molecule has 1 unspecified atom stereocenters. The zero-order chi connectivity index (χ0) is 18.6. The molecule has 0 aromatic heterocycles. The molecule has 0 amide bonds. The second kappa shape index (κ2) is 8.14. The topological polar surface area (TPSA) is 77.8 Å². The van der Waals surface area contributed by atoms with Crippen molar-refractivity contribution in [1.82, 2.24) is 4.90 Å². The summed E-state index contributed by atoms with van der Waals surface area (Å²) in [7, 11) is 1.93. The molecule has 6 heteroatoms. The Morgan fingerprint density at radius 2 is 1.52 bits per heavy atom. The van der Waals surface area contributed by atoms with Gasteiger partial charge in [0, 0.05) is 17.6 Å². The fraction of sp³-hybridized carbons (Fsp3) is 0.263. The lowest BCUT2D eigenvalue weighted by molar-refractivity contribution is 0.0696. The van der Waals surface area contributed by atoms with Crippen LogP contribution in [0.15, 0.2) is 42.5 Å². The molecule has 2 aromatic rings. The minimum absolute atomic E-state index is 0.0198. The summed E-state index contributed by atoms with van der Waals surface area (Å²) < 4.78 is 0. The van der Waals surface area contributed by atoms with Crippen molar-refractivity contribution < 1.29 is 19.8 Å². The van der Waals surface area contributed by atoms with Gasteiger partial charge in [-0.25, -0.2) is 9.59 Å². The highest BCUT2D eigenvalue weighted by Crippen LogP contribution is 2.16. The lowest BCUT2D eigenvalue weighted by Gasteiger charge is -2.25. The van der Waals surface area contributed by atoms with Crippen LogP contribution in [0, 0.1) is 0 Å². The highest BCUT2D eigenvalue weighted by atomic mass is 35.5. The third kappa shape index (κ3) is 5.31. The Labute approximate surface area is 151 Å². The summed E-state index contributed by atoms with van der Waals surface area (Å²) >= 11 is 5.89. The van der Waals surface area contributed by atoms with Crippen LogP contribution in [0.5, 0.6) is 0 Å². The van der Waals surface area contributed by atoms with E-state index in [9.17, 15) is 9.59 Å². The largest absolute Gasteiger partial charge is 0.478 e. The van der Waals surface area contributed by atoms with Crippen molar-refractivity contribution in [3.8, 4) is 0 Å². The van der Waals surface area contributed by atoms with Gasteiger partial charge in [-0.05, 0) is 61.9 Å². The van der Waals surface area contributed by atoms with Crippen LogP contribution in [0.25, 0.3) is 0 Å². The van der Waals surface area contributed by atoms with E-state index in [0.29, 0.717) is 17.1 Å². The molecular weight excluding hydrogens is 342 g/mol. The maximum Gasteiger partial charge on any atom is 0.335 e. The van der Waals surface area contributed by atoms with Gasteiger partial charge in [0.1, 0.15) is 0 Å². The fourth-order valence-corrected chi connectivity index (χ4v) is 2.72. The van der Waals surface area contributed by atoms with Crippen molar-refractivity contribution in [3.05, 3.63) is 69.7 Å². The first kappa shape index (κ1) is 19.0. The minimum Gasteiger partial charge on any atom is -0.478 e. The maximum atomic E-state index is 11.2. The lowest BCUT2D eigenvalue weighted by Crippen LogP contribution is -2.30. The molecule has 0 aliphatic heterocycles. The zero-order valence-electron chi connectivity index (χ0n) is 14.1. The monoisotopic (exact) mass is 361 g/mol. The van der Waals surface area contributed by atoms with Crippen molar-refractivity contribution in [2.75, 3.05) is 7.05 Å². The van der Waals surface area contributed by atoms with E-state index < -0.39 is 11.9 Å². The SMILES string of the molecule is CC(Cc1ccc(Cl)cc1)N(C)Cc1cc(C(=O)O)cc(C(=O)O)c1. The van der Waals surface area contributed by atoms with E-state index in [2.05, 4.69) is 11.8 Å². The number of likely N-dealkylation sites (N-methyl/N-ethyl adjacent to an activating group) is 1. The van der Waals surface area contributed by atoms with Crippen LogP contribution in [0.2, 0.25) is 5.02 Å². The van der Waals surface area contributed by atoms with E-state index in [1.165, 1.54) is 18.2 Å². The van der Waals surface area contributed by atoms with Gasteiger partial charge in [-0.2, -0.15) is 0 Å². The number of carboxylic acid groups (broad SMARTS) is 2. The molecule has 0 bridgehead atoms. The van der Waals surface area contributed by atoms with Crippen molar-refractivity contribution >= 4 is 23.5 Å². The smallest absolute Gasteiger partial charge is 0.335 e. The normalized spacial score (nSPS) is 12.2. The predicted molar refractivity (Wildman–Crippen MR) is 96.4 cm³/mol. The quantitative estimate of drug-likeness (QED) is 0.784. The van der Waals surface area contributed by atoms with Gasteiger partial charge >= 0.3 is 11.9 Å². The molecule has 25 heavy (non-hydrogen) atoms. The minimum atomic E-state index is -1.14. The number of benzene rings is 2. The first-order valence-electron chi connectivity index (χ1n) is 7.81. The number of halogens is 1. The van der Waals surface area contributed by atoms with Gasteiger partial charge < -0.3 is 10.2 Å². The highest BCUT2D eigenvalue weighted by Gasteiger charge is 2.15. The van der Waals surface area contributed by atoms with E-state index in [0.717, 1.165) is 12.0 Å². The Bertz CT molecular complexity index is 741. The zero-order valence-corrected chi connectivity index (χ0v) is 14.8. The van der Waals surface area contributed by atoms with Gasteiger partial charge in [-0.1, -0.05) is 23.7 Å². The summed E-state index contributed by atoms with van der Waals surface area (Å²) in [6, 6.07) is 12.0. The molecule has 2 aromatic carbocycles. The molecule has 0 aliphatic carbocycles. The number of hydrogen-bond acceptors (Lipinski definition) is 3. The lowest BCUT2D eigenvalue weighted by atomic mass is 10.0. The molecule has 0 heterocycles. The molecular formula is C19H20ClNO4.